The van der Waals surface area contributed by atoms with Crippen molar-refractivity contribution in [1.29, 1.82) is 0 Å². The average molecular weight is 162 g/mol. The summed E-state index contributed by atoms with van der Waals surface area (Å²) in [7, 11) is 3.00. The minimum atomic E-state index is -0.126. The van der Waals surface area contributed by atoms with Gasteiger partial charge in [0.1, 0.15) is 0 Å². The molecule has 2 N–H and O–H groups in total. The van der Waals surface area contributed by atoms with Gasteiger partial charge < -0.3 is 15.4 Å². The zero-order chi connectivity index (χ0) is 7.98. The van der Waals surface area contributed by atoms with Crippen LogP contribution in [0.15, 0.2) is 0 Å². The van der Waals surface area contributed by atoms with E-state index in [2.05, 4.69) is 27.6 Å². The molecule has 0 bridgehead atoms. The Morgan fingerprint density at radius 3 is 2.70 bits per heavy atom. The molecular weight excluding hydrogens is 152 g/mol. The van der Waals surface area contributed by atoms with Crippen molar-refractivity contribution in [3.05, 3.63) is 0 Å². The third kappa shape index (κ3) is 4.08. The van der Waals surface area contributed by atoms with E-state index < -0.39 is 0 Å². The predicted molar refractivity (Wildman–Crippen MR) is 41.7 cm³/mol. The lowest BCUT2D eigenvalue weighted by molar-refractivity contribution is -0.119. The van der Waals surface area contributed by atoms with Crippen molar-refractivity contribution < 1.29 is 9.53 Å². The van der Waals surface area contributed by atoms with E-state index in [-0.39, 0.29) is 17.6 Å². The molecule has 0 aromatic carbocycles. The molecule has 0 atom stereocenters. The number of hydrogen-bond donors (Lipinski definition) is 2. The summed E-state index contributed by atoms with van der Waals surface area (Å²) in [6.45, 7) is 0.156. The second-order valence-electron chi connectivity index (χ2n) is 1.52. The summed E-state index contributed by atoms with van der Waals surface area (Å²) in [6.07, 6.45) is 0. The third-order valence-corrected chi connectivity index (χ3v) is 1.17. The quantitative estimate of drug-likeness (QED) is 0.525. The zero-order valence-corrected chi connectivity index (χ0v) is 6.75. The first-order chi connectivity index (χ1) is 4.70. The van der Waals surface area contributed by atoms with Gasteiger partial charge in [0, 0.05) is 7.05 Å². The van der Waals surface area contributed by atoms with Crippen molar-refractivity contribution >= 4 is 23.3 Å². The van der Waals surface area contributed by atoms with Crippen molar-refractivity contribution in [2.24, 2.45) is 0 Å². The molecule has 58 valence electrons. The van der Waals surface area contributed by atoms with E-state index in [1.165, 1.54) is 7.11 Å². The fourth-order valence-corrected chi connectivity index (χ4v) is 0.385. The van der Waals surface area contributed by atoms with Crippen LogP contribution >= 0.6 is 12.2 Å². The first-order valence-corrected chi connectivity index (χ1v) is 3.14. The van der Waals surface area contributed by atoms with Crippen LogP contribution in [-0.4, -0.2) is 31.8 Å². The highest BCUT2D eigenvalue weighted by Crippen LogP contribution is 1.70. The number of carbonyl (C=O) groups excluding carboxylic acids is 1. The van der Waals surface area contributed by atoms with Gasteiger partial charge in [-0.25, -0.2) is 0 Å². The van der Waals surface area contributed by atoms with Crippen LogP contribution in [0.1, 0.15) is 0 Å². The van der Waals surface area contributed by atoms with Crippen LogP contribution in [0.25, 0.3) is 0 Å². The standard InChI is InChI=1S/C5H10N2O2S/c1-6-4(8)3-7-5(10)9-2/h3H2,1-2H3,(H,6,8)(H,7,10). The average Bonchev–Trinajstić information content (AvgIpc) is 1.99. The van der Waals surface area contributed by atoms with Crippen molar-refractivity contribution in [2.45, 2.75) is 0 Å². The Labute approximate surface area is 64.9 Å². The molecule has 0 unspecified atom stereocenters. The van der Waals surface area contributed by atoms with Gasteiger partial charge in [-0.2, -0.15) is 0 Å². The highest BCUT2D eigenvalue weighted by Gasteiger charge is 1.97. The summed E-state index contributed by atoms with van der Waals surface area (Å²) < 4.78 is 4.59. The number of hydrogen-bond acceptors (Lipinski definition) is 3. The minimum absolute atomic E-state index is 0.126. The molecule has 5 heteroatoms. The van der Waals surface area contributed by atoms with Crippen LogP contribution in [0.5, 0.6) is 0 Å². The number of ether oxygens (including phenoxy) is 1. The van der Waals surface area contributed by atoms with E-state index in [1.807, 2.05) is 0 Å². The van der Waals surface area contributed by atoms with Crippen molar-refractivity contribution in [3.63, 3.8) is 0 Å². The first-order valence-electron chi connectivity index (χ1n) is 2.73. The molecule has 0 heterocycles. The molecule has 0 spiro atoms. The van der Waals surface area contributed by atoms with Crippen LogP contribution in [0.3, 0.4) is 0 Å². The van der Waals surface area contributed by atoms with E-state index in [0.717, 1.165) is 0 Å². The normalized spacial score (nSPS) is 8.20. The Morgan fingerprint density at radius 1 is 1.70 bits per heavy atom. The zero-order valence-electron chi connectivity index (χ0n) is 5.93. The maximum atomic E-state index is 10.5. The van der Waals surface area contributed by atoms with E-state index in [4.69, 9.17) is 0 Å². The molecule has 0 fully saturated rings. The molecule has 0 aliphatic carbocycles. The maximum absolute atomic E-state index is 10.5. The Balaban J connectivity index is 3.35. The SMILES string of the molecule is CNC(=O)CNC(=S)OC. The van der Waals surface area contributed by atoms with Gasteiger partial charge in [0.15, 0.2) is 0 Å². The minimum Gasteiger partial charge on any atom is -0.474 e. The second-order valence-corrected chi connectivity index (χ2v) is 1.89. The summed E-state index contributed by atoms with van der Waals surface area (Å²) >= 11 is 4.61. The largest absolute Gasteiger partial charge is 0.474 e. The molecule has 10 heavy (non-hydrogen) atoms. The molecule has 0 saturated carbocycles. The van der Waals surface area contributed by atoms with E-state index in [1.54, 1.807) is 7.05 Å². The Morgan fingerprint density at radius 2 is 2.30 bits per heavy atom. The molecule has 1 amide bonds. The predicted octanol–water partition coefficient (Wildman–Crippen LogP) is -0.747. The van der Waals surface area contributed by atoms with Gasteiger partial charge in [-0.15, -0.1) is 0 Å². The van der Waals surface area contributed by atoms with Gasteiger partial charge in [0.25, 0.3) is 5.17 Å². The number of amides is 1. The maximum Gasteiger partial charge on any atom is 0.256 e. The fraction of sp³-hybridized carbons (Fsp3) is 0.600. The molecule has 0 radical (unpaired) electrons. The fourth-order valence-electron chi connectivity index (χ4n) is 0.313. The first kappa shape index (κ1) is 9.16. The number of carbonyl (C=O) groups is 1. The molecule has 0 saturated heterocycles. The van der Waals surface area contributed by atoms with Crippen LogP contribution < -0.4 is 10.6 Å². The number of rotatable bonds is 2. The third-order valence-electron chi connectivity index (χ3n) is 0.858. The molecule has 0 rings (SSSR count). The highest BCUT2D eigenvalue weighted by molar-refractivity contribution is 7.80. The van der Waals surface area contributed by atoms with Gasteiger partial charge >= 0.3 is 0 Å². The van der Waals surface area contributed by atoms with Crippen molar-refractivity contribution in [3.8, 4) is 0 Å². The molecule has 0 aromatic rings. The van der Waals surface area contributed by atoms with Gasteiger partial charge in [-0.1, -0.05) is 0 Å². The topological polar surface area (TPSA) is 50.4 Å². The second kappa shape index (κ2) is 4.99. The smallest absolute Gasteiger partial charge is 0.256 e. The van der Waals surface area contributed by atoms with Crippen LogP contribution in [-0.2, 0) is 9.53 Å². The molecular formula is C5H10N2O2S. The lowest BCUT2D eigenvalue weighted by Crippen LogP contribution is -2.34. The summed E-state index contributed by atoms with van der Waals surface area (Å²) in [4.78, 5) is 10.5. The number of nitrogens with one attached hydrogen (secondary N) is 2. The van der Waals surface area contributed by atoms with Crippen molar-refractivity contribution in [1.82, 2.24) is 10.6 Å². The molecule has 0 aliphatic rings. The van der Waals surface area contributed by atoms with Gasteiger partial charge in [0.2, 0.25) is 5.91 Å². The molecule has 0 aliphatic heterocycles. The highest BCUT2D eigenvalue weighted by atomic mass is 32.1. The van der Waals surface area contributed by atoms with E-state index >= 15 is 0 Å². The van der Waals surface area contributed by atoms with Gasteiger partial charge in [0.05, 0.1) is 13.7 Å². The van der Waals surface area contributed by atoms with Gasteiger partial charge in [-0.3, -0.25) is 4.79 Å². The number of likely N-dealkylation sites (N-methyl/N-ethyl adjacent to an activating group) is 1. The number of methoxy groups -OCH3 is 1. The Bertz CT molecular complexity index is 122. The lowest BCUT2D eigenvalue weighted by atomic mass is 10.6. The van der Waals surface area contributed by atoms with Crippen LogP contribution in [0.4, 0.5) is 0 Å². The Hall–Kier alpha value is -0.840. The number of thiocarbonyl (C=S) groups is 1. The monoisotopic (exact) mass is 162 g/mol. The van der Waals surface area contributed by atoms with Crippen molar-refractivity contribution in [2.75, 3.05) is 20.7 Å². The van der Waals surface area contributed by atoms with Gasteiger partial charge in [-0.05, 0) is 12.2 Å². The van der Waals surface area contributed by atoms with E-state index in [9.17, 15) is 4.79 Å². The summed E-state index contributed by atoms with van der Waals surface area (Å²) in [5.74, 6) is -0.126. The summed E-state index contributed by atoms with van der Waals surface area (Å²) in [5, 5.41) is 5.23. The summed E-state index contributed by atoms with van der Waals surface area (Å²) in [5.41, 5.74) is 0. The summed E-state index contributed by atoms with van der Waals surface area (Å²) in [6, 6.07) is 0. The van der Waals surface area contributed by atoms with E-state index in [0.29, 0.717) is 0 Å². The molecule has 0 aromatic heterocycles. The Kier molecular flexibility index (Phi) is 4.57. The molecule has 4 nitrogen and oxygen atoms in total. The lowest BCUT2D eigenvalue weighted by Gasteiger charge is -2.03. The van der Waals surface area contributed by atoms with Crippen LogP contribution in [0.2, 0.25) is 0 Å². The van der Waals surface area contributed by atoms with Crippen LogP contribution in [0, 0.1) is 0 Å².